The minimum atomic E-state index is -0.138. The molecule has 1 fully saturated rings. The van der Waals surface area contributed by atoms with Crippen molar-refractivity contribution in [3.8, 4) is 0 Å². The van der Waals surface area contributed by atoms with Gasteiger partial charge in [-0.2, -0.15) is 0 Å². The van der Waals surface area contributed by atoms with Gasteiger partial charge in [0.05, 0.1) is 6.04 Å². The first-order valence-corrected chi connectivity index (χ1v) is 9.76. The molecule has 1 aromatic carbocycles. The lowest BCUT2D eigenvalue weighted by Crippen LogP contribution is -2.33. The number of hydrogen-bond donors (Lipinski definition) is 1. The topological polar surface area (TPSA) is 58.4 Å². The van der Waals surface area contributed by atoms with Gasteiger partial charge in [0.15, 0.2) is 5.76 Å². The van der Waals surface area contributed by atoms with Crippen LogP contribution in [0.1, 0.15) is 45.0 Å². The molecular formula is C23H23N3O2. The van der Waals surface area contributed by atoms with Crippen molar-refractivity contribution in [2.24, 2.45) is 5.92 Å². The van der Waals surface area contributed by atoms with Gasteiger partial charge in [-0.15, -0.1) is 0 Å². The molecule has 0 bridgehead atoms. The minimum absolute atomic E-state index is 0.0153. The number of aryl methyl sites for hydroxylation is 1. The molecule has 5 nitrogen and oxygen atoms in total. The van der Waals surface area contributed by atoms with Crippen LogP contribution in [0.4, 0.5) is 0 Å². The number of hydrogen-bond acceptors (Lipinski definition) is 4. The van der Waals surface area contributed by atoms with E-state index in [0.29, 0.717) is 17.6 Å². The normalized spacial score (nSPS) is 23.4. The number of nitrogens with zero attached hydrogens (tertiary/aromatic N) is 2. The second kappa shape index (κ2) is 6.91. The van der Waals surface area contributed by atoms with Crippen molar-refractivity contribution >= 4 is 5.91 Å². The van der Waals surface area contributed by atoms with Gasteiger partial charge >= 0.3 is 0 Å². The summed E-state index contributed by atoms with van der Waals surface area (Å²) in [6.07, 6.45) is 3.69. The van der Waals surface area contributed by atoms with E-state index in [2.05, 4.69) is 51.6 Å². The average molecular weight is 373 g/mol. The van der Waals surface area contributed by atoms with Gasteiger partial charge in [0.25, 0.3) is 5.91 Å². The van der Waals surface area contributed by atoms with Gasteiger partial charge in [-0.25, -0.2) is 0 Å². The summed E-state index contributed by atoms with van der Waals surface area (Å²) in [4.78, 5) is 19.3. The van der Waals surface area contributed by atoms with Crippen molar-refractivity contribution in [2.75, 3.05) is 13.1 Å². The predicted molar refractivity (Wildman–Crippen MR) is 106 cm³/mol. The standard InChI is InChI=1S/C23H23N3O2/c1-15-6-7-21(28-15)23(27)25-22-18-5-3-2-4-17(18)19-13-26(14-20(19)22)12-16-8-10-24-11-9-16/h2-11,19-20,22H,12-14H2,1H3,(H,25,27)/t19-,20-,22+/m0/s1. The van der Waals surface area contributed by atoms with Crippen LogP contribution in [0.2, 0.25) is 0 Å². The molecule has 1 amide bonds. The Morgan fingerprint density at radius 1 is 1.11 bits per heavy atom. The third kappa shape index (κ3) is 3.02. The zero-order valence-corrected chi connectivity index (χ0v) is 15.8. The van der Waals surface area contributed by atoms with E-state index < -0.39 is 0 Å². The molecule has 1 aliphatic heterocycles. The van der Waals surface area contributed by atoms with E-state index in [1.807, 2.05) is 25.4 Å². The molecule has 0 spiro atoms. The number of amides is 1. The monoisotopic (exact) mass is 373 g/mol. The highest BCUT2D eigenvalue weighted by atomic mass is 16.3. The van der Waals surface area contributed by atoms with Crippen LogP contribution < -0.4 is 5.32 Å². The quantitative estimate of drug-likeness (QED) is 0.758. The zero-order chi connectivity index (χ0) is 19.1. The number of rotatable bonds is 4. The highest BCUT2D eigenvalue weighted by Gasteiger charge is 2.46. The van der Waals surface area contributed by atoms with Crippen LogP contribution in [0.5, 0.6) is 0 Å². The van der Waals surface area contributed by atoms with Crippen LogP contribution in [-0.2, 0) is 6.54 Å². The molecule has 0 radical (unpaired) electrons. The van der Waals surface area contributed by atoms with Gasteiger partial charge in [-0.1, -0.05) is 24.3 Å². The Labute approximate surface area is 164 Å². The van der Waals surface area contributed by atoms with E-state index >= 15 is 0 Å². The van der Waals surface area contributed by atoms with E-state index in [0.717, 1.165) is 25.4 Å². The fourth-order valence-electron chi connectivity index (χ4n) is 4.77. The maximum atomic E-state index is 12.8. The maximum absolute atomic E-state index is 12.8. The third-order valence-corrected chi connectivity index (χ3v) is 6.01. The molecule has 1 aliphatic carbocycles. The lowest BCUT2D eigenvalue weighted by Gasteiger charge is -2.22. The number of carbonyl (C=O) groups is 1. The molecule has 1 N–H and O–H groups in total. The fraction of sp³-hybridized carbons (Fsp3) is 0.304. The molecular weight excluding hydrogens is 350 g/mol. The molecule has 2 aliphatic rings. The summed E-state index contributed by atoms with van der Waals surface area (Å²) in [5, 5.41) is 3.25. The Balaban J connectivity index is 1.39. The summed E-state index contributed by atoms with van der Waals surface area (Å²) in [5.41, 5.74) is 3.89. The Bertz CT molecular complexity index is 998. The van der Waals surface area contributed by atoms with Gasteiger partial charge in [-0.05, 0) is 47.9 Å². The third-order valence-electron chi connectivity index (χ3n) is 6.01. The highest BCUT2D eigenvalue weighted by Crippen LogP contribution is 2.49. The molecule has 0 unspecified atom stereocenters. The van der Waals surface area contributed by atoms with Crippen molar-refractivity contribution < 1.29 is 9.21 Å². The van der Waals surface area contributed by atoms with Crippen molar-refractivity contribution in [3.63, 3.8) is 0 Å². The summed E-state index contributed by atoms with van der Waals surface area (Å²) in [6, 6.07) is 16.2. The van der Waals surface area contributed by atoms with E-state index in [4.69, 9.17) is 4.42 Å². The van der Waals surface area contributed by atoms with E-state index in [-0.39, 0.29) is 11.9 Å². The minimum Gasteiger partial charge on any atom is -0.456 e. The molecule has 3 heterocycles. The molecule has 0 saturated carbocycles. The first-order valence-electron chi connectivity index (χ1n) is 9.76. The van der Waals surface area contributed by atoms with Gasteiger partial charge in [0.2, 0.25) is 0 Å². The summed E-state index contributed by atoms with van der Waals surface area (Å²) in [5.74, 6) is 1.81. The van der Waals surface area contributed by atoms with Crippen molar-refractivity contribution in [1.29, 1.82) is 0 Å². The zero-order valence-electron chi connectivity index (χ0n) is 15.8. The number of pyridine rings is 1. The van der Waals surface area contributed by atoms with Crippen molar-refractivity contribution in [2.45, 2.75) is 25.4 Å². The van der Waals surface area contributed by atoms with E-state index in [9.17, 15) is 4.79 Å². The molecule has 2 aromatic heterocycles. The Kier molecular flexibility index (Phi) is 4.24. The Morgan fingerprint density at radius 2 is 1.89 bits per heavy atom. The number of carbonyl (C=O) groups excluding carboxylic acids is 1. The fourth-order valence-corrected chi connectivity index (χ4v) is 4.77. The lowest BCUT2D eigenvalue weighted by molar-refractivity contribution is 0.0894. The Hall–Kier alpha value is -2.92. The lowest BCUT2D eigenvalue weighted by atomic mass is 9.94. The maximum Gasteiger partial charge on any atom is 0.287 e. The van der Waals surface area contributed by atoms with Gasteiger partial charge in [0, 0.05) is 43.9 Å². The Morgan fingerprint density at radius 3 is 2.64 bits per heavy atom. The first-order chi connectivity index (χ1) is 13.7. The van der Waals surface area contributed by atoms with Gasteiger partial charge in [-0.3, -0.25) is 14.7 Å². The summed E-state index contributed by atoms with van der Waals surface area (Å²) >= 11 is 0. The van der Waals surface area contributed by atoms with Crippen LogP contribution in [-0.4, -0.2) is 28.9 Å². The van der Waals surface area contributed by atoms with E-state index in [1.54, 1.807) is 6.07 Å². The van der Waals surface area contributed by atoms with Crippen LogP contribution >= 0.6 is 0 Å². The van der Waals surface area contributed by atoms with Crippen LogP contribution in [0.15, 0.2) is 65.3 Å². The van der Waals surface area contributed by atoms with Crippen LogP contribution in [0.25, 0.3) is 0 Å². The first kappa shape index (κ1) is 17.2. The predicted octanol–water partition coefficient (Wildman–Crippen LogP) is 3.68. The molecule has 1 saturated heterocycles. The SMILES string of the molecule is Cc1ccc(C(=O)N[C@@H]2c3ccccc3[C@@H]3CN(Cc4ccncc4)C[C@H]23)o1. The molecule has 28 heavy (non-hydrogen) atoms. The molecule has 3 atom stereocenters. The summed E-state index contributed by atoms with van der Waals surface area (Å²) < 4.78 is 5.53. The molecule has 142 valence electrons. The highest BCUT2D eigenvalue weighted by molar-refractivity contribution is 5.92. The second-order valence-corrected chi connectivity index (χ2v) is 7.81. The number of likely N-dealkylation sites (tertiary alicyclic amines) is 1. The summed E-state index contributed by atoms with van der Waals surface area (Å²) in [6.45, 7) is 4.74. The number of furan rings is 1. The van der Waals surface area contributed by atoms with Crippen LogP contribution in [0, 0.1) is 12.8 Å². The number of benzene rings is 1. The van der Waals surface area contributed by atoms with Gasteiger partial charge in [0.1, 0.15) is 5.76 Å². The number of fused-ring (bicyclic) bond motifs is 3. The molecule has 5 heteroatoms. The van der Waals surface area contributed by atoms with Gasteiger partial charge < -0.3 is 9.73 Å². The molecule has 5 rings (SSSR count). The average Bonchev–Trinajstić information content (AvgIpc) is 3.39. The largest absolute Gasteiger partial charge is 0.456 e. The second-order valence-electron chi connectivity index (χ2n) is 7.81. The number of aromatic nitrogens is 1. The smallest absolute Gasteiger partial charge is 0.287 e. The van der Waals surface area contributed by atoms with E-state index in [1.165, 1.54) is 16.7 Å². The van der Waals surface area contributed by atoms with Crippen molar-refractivity contribution in [3.05, 3.63) is 89.1 Å². The van der Waals surface area contributed by atoms with Crippen LogP contribution in [0.3, 0.4) is 0 Å². The van der Waals surface area contributed by atoms with Crippen molar-refractivity contribution in [1.82, 2.24) is 15.2 Å². The summed E-state index contributed by atoms with van der Waals surface area (Å²) in [7, 11) is 0. The number of nitrogens with one attached hydrogen (secondary N) is 1. The molecule has 3 aromatic rings.